The van der Waals surface area contributed by atoms with Crippen molar-refractivity contribution < 1.29 is 37.7 Å². The summed E-state index contributed by atoms with van der Waals surface area (Å²) in [7, 11) is 0. The summed E-state index contributed by atoms with van der Waals surface area (Å²) >= 11 is 0. The van der Waals surface area contributed by atoms with Crippen LogP contribution in [-0.4, -0.2) is 50.8 Å². The average molecular weight is 693 g/mol. The van der Waals surface area contributed by atoms with Crippen molar-refractivity contribution in [2.24, 2.45) is 11.3 Å². The monoisotopic (exact) mass is 692 g/mol. The van der Waals surface area contributed by atoms with Crippen LogP contribution in [0.1, 0.15) is 109 Å². The van der Waals surface area contributed by atoms with Crippen LogP contribution in [0.5, 0.6) is 5.75 Å². The summed E-state index contributed by atoms with van der Waals surface area (Å²) in [4.78, 5) is 24.2. The highest BCUT2D eigenvalue weighted by Gasteiger charge is 2.42. The molecule has 2 aliphatic rings. The van der Waals surface area contributed by atoms with Gasteiger partial charge >= 0.3 is 11.9 Å². The van der Waals surface area contributed by atoms with Crippen LogP contribution in [0.4, 0.5) is 4.39 Å². The predicted octanol–water partition coefficient (Wildman–Crippen LogP) is 9.67. The molecule has 1 aliphatic heterocycles. The topological polar surface area (TPSA) is 80.3 Å². The number of carbonyl (C=O) groups is 2. The summed E-state index contributed by atoms with van der Waals surface area (Å²) < 4.78 is 45.1. The Bertz CT molecular complexity index is 1480. The van der Waals surface area contributed by atoms with Gasteiger partial charge in [-0.05, 0) is 113 Å². The number of aryl methyl sites for hydroxylation is 1. The number of carbonyl (C=O) groups excluding carboxylic acids is 2. The van der Waals surface area contributed by atoms with E-state index in [2.05, 4.69) is 26.1 Å². The van der Waals surface area contributed by atoms with Gasteiger partial charge in [-0.1, -0.05) is 64.0 Å². The van der Waals surface area contributed by atoms with Gasteiger partial charge < -0.3 is 23.7 Å². The molecule has 7 nitrogen and oxygen atoms in total. The maximum Gasteiger partial charge on any atom is 0.333 e. The molecule has 2 aromatic carbocycles. The lowest BCUT2D eigenvalue weighted by Crippen LogP contribution is -2.52. The van der Waals surface area contributed by atoms with Crippen LogP contribution >= 0.6 is 0 Å². The minimum atomic E-state index is -0.775. The zero-order valence-electron chi connectivity index (χ0n) is 30.9. The zero-order valence-corrected chi connectivity index (χ0v) is 30.9. The number of hydrogen-bond acceptors (Lipinski definition) is 7. The molecule has 2 fully saturated rings. The lowest BCUT2D eigenvalue weighted by molar-refractivity contribution is -0.294. The molecule has 0 unspecified atom stereocenters. The van der Waals surface area contributed by atoms with Crippen LogP contribution in [-0.2, 0) is 35.0 Å². The summed E-state index contributed by atoms with van der Waals surface area (Å²) in [5, 5.41) is 0. The number of esters is 2. The third-order valence-electron chi connectivity index (χ3n) is 9.91. The second kappa shape index (κ2) is 18.1. The van der Waals surface area contributed by atoms with Crippen LogP contribution in [0.15, 0.2) is 60.7 Å². The molecule has 1 saturated heterocycles. The van der Waals surface area contributed by atoms with E-state index >= 15 is 4.39 Å². The van der Waals surface area contributed by atoms with Gasteiger partial charge in [0.1, 0.15) is 24.8 Å². The van der Waals surface area contributed by atoms with E-state index in [1.54, 1.807) is 19.9 Å². The fraction of sp³-hybridized carbons (Fsp3) is 0.571. The van der Waals surface area contributed by atoms with Crippen molar-refractivity contribution in [3.63, 3.8) is 0 Å². The normalized spacial score (nSPS) is 19.7. The molecule has 4 rings (SSSR count). The van der Waals surface area contributed by atoms with Gasteiger partial charge in [0.2, 0.25) is 0 Å². The van der Waals surface area contributed by atoms with Gasteiger partial charge in [0, 0.05) is 16.7 Å². The van der Waals surface area contributed by atoms with E-state index in [0.29, 0.717) is 41.2 Å². The first-order valence-corrected chi connectivity index (χ1v) is 18.3. The third-order valence-corrected chi connectivity index (χ3v) is 9.91. The molecule has 1 saturated carbocycles. The lowest BCUT2D eigenvalue weighted by Gasteiger charge is -2.42. The van der Waals surface area contributed by atoms with Gasteiger partial charge in [-0.3, -0.25) is 0 Å². The molecule has 50 heavy (non-hydrogen) atoms. The van der Waals surface area contributed by atoms with Gasteiger partial charge in [-0.15, -0.1) is 0 Å². The van der Waals surface area contributed by atoms with Gasteiger partial charge in [0.05, 0.1) is 25.2 Å². The Kier molecular flexibility index (Phi) is 14.3. The highest BCUT2D eigenvalue weighted by Crippen LogP contribution is 2.40. The Morgan fingerprint density at radius 2 is 1.56 bits per heavy atom. The minimum Gasteiger partial charge on any atom is -0.492 e. The summed E-state index contributed by atoms with van der Waals surface area (Å²) in [5.74, 6) is -0.141. The Morgan fingerprint density at radius 1 is 0.880 bits per heavy atom. The van der Waals surface area contributed by atoms with E-state index in [-0.39, 0.29) is 38.9 Å². The molecule has 0 N–H and O–H groups in total. The SMILES string of the molecule is C=C(C)C(=O)OCCCc1cc(-c2ccc(C3CCC(CCCCC)CC3)cc2F)ccc1OCC1(COC(=O)C(=C)C)COC(C)(C)OC1. The van der Waals surface area contributed by atoms with Gasteiger partial charge in [0.15, 0.2) is 5.79 Å². The van der Waals surface area contributed by atoms with Crippen molar-refractivity contribution in [1.82, 2.24) is 0 Å². The Balaban J connectivity index is 1.51. The molecular formula is C42H57FO7. The molecule has 8 heteroatoms. The number of halogens is 1. The third kappa shape index (κ3) is 11.3. The quantitative estimate of drug-likeness (QED) is 0.0928. The largest absolute Gasteiger partial charge is 0.492 e. The van der Waals surface area contributed by atoms with Crippen molar-refractivity contribution in [3.05, 3.63) is 77.6 Å². The lowest BCUT2D eigenvalue weighted by atomic mass is 9.77. The first-order valence-electron chi connectivity index (χ1n) is 18.3. The van der Waals surface area contributed by atoms with E-state index in [9.17, 15) is 9.59 Å². The van der Waals surface area contributed by atoms with Gasteiger partial charge in [-0.2, -0.15) is 0 Å². The van der Waals surface area contributed by atoms with E-state index < -0.39 is 23.1 Å². The fourth-order valence-electron chi connectivity index (χ4n) is 6.64. The number of benzene rings is 2. The van der Waals surface area contributed by atoms with E-state index in [0.717, 1.165) is 35.4 Å². The van der Waals surface area contributed by atoms with Crippen molar-refractivity contribution in [2.45, 2.75) is 111 Å². The summed E-state index contributed by atoms with van der Waals surface area (Å²) in [6.07, 6.45) is 10.9. The molecule has 2 aromatic rings. The molecule has 1 heterocycles. The van der Waals surface area contributed by atoms with Gasteiger partial charge in [0.25, 0.3) is 0 Å². The summed E-state index contributed by atoms with van der Waals surface area (Å²) in [5.41, 5.74) is 3.07. The second-order valence-electron chi connectivity index (χ2n) is 14.9. The van der Waals surface area contributed by atoms with E-state index in [1.807, 2.05) is 38.1 Å². The van der Waals surface area contributed by atoms with Crippen molar-refractivity contribution in [1.29, 1.82) is 0 Å². The first kappa shape index (κ1) is 39.3. The van der Waals surface area contributed by atoms with Gasteiger partial charge in [-0.25, -0.2) is 14.0 Å². The first-order chi connectivity index (χ1) is 23.8. The molecule has 0 atom stereocenters. The maximum atomic E-state index is 15.8. The summed E-state index contributed by atoms with van der Waals surface area (Å²) in [6.45, 7) is 17.3. The Hall–Kier alpha value is -3.49. The molecule has 0 bridgehead atoms. The minimum absolute atomic E-state index is 0.0249. The predicted molar refractivity (Wildman–Crippen MR) is 194 cm³/mol. The number of rotatable bonds is 17. The van der Waals surface area contributed by atoms with Crippen molar-refractivity contribution in [2.75, 3.05) is 33.0 Å². The molecule has 0 radical (unpaired) electrons. The molecular weight excluding hydrogens is 635 g/mol. The van der Waals surface area contributed by atoms with E-state index in [1.165, 1.54) is 38.5 Å². The number of unbranched alkanes of at least 4 members (excludes halogenated alkanes) is 2. The van der Waals surface area contributed by atoms with Crippen LogP contribution in [0.25, 0.3) is 11.1 Å². The van der Waals surface area contributed by atoms with Crippen molar-refractivity contribution in [3.8, 4) is 16.9 Å². The smallest absolute Gasteiger partial charge is 0.333 e. The Labute approximate surface area is 298 Å². The van der Waals surface area contributed by atoms with Crippen LogP contribution in [0.3, 0.4) is 0 Å². The number of ether oxygens (including phenoxy) is 5. The molecule has 0 amide bonds. The van der Waals surface area contributed by atoms with E-state index in [4.69, 9.17) is 23.7 Å². The Morgan fingerprint density at radius 3 is 2.20 bits per heavy atom. The highest BCUT2D eigenvalue weighted by atomic mass is 19.1. The fourth-order valence-corrected chi connectivity index (χ4v) is 6.64. The molecule has 0 spiro atoms. The second-order valence-corrected chi connectivity index (χ2v) is 14.9. The highest BCUT2D eigenvalue weighted by molar-refractivity contribution is 5.87. The summed E-state index contributed by atoms with van der Waals surface area (Å²) in [6, 6.07) is 11.4. The molecule has 0 aromatic heterocycles. The van der Waals surface area contributed by atoms with Crippen LogP contribution in [0, 0.1) is 17.2 Å². The zero-order chi connectivity index (χ0) is 36.3. The standard InChI is InChI=1S/C42H57FO7/c1-8-9-10-12-31-14-16-32(17-15-31)33-18-20-36(37(43)24-33)34-19-21-38(35(23-34)13-11-22-46-39(44)29(2)3)47-25-42(26-48-40(45)30(4)5)27-49-41(6,7)50-28-42/h18-21,23-24,31-32H,2,4,8-17,22,25-28H2,1,3,5-7H3. The maximum absolute atomic E-state index is 15.8. The van der Waals surface area contributed by atoms with Crippen LogP contribution in [0.2, 0.25) is 0 Å². The van der Waals surface area contributed by atoms with Crippen molar-refractivity contribution >= 4 is 11.9 Å². The average Bonchev–Trinajstić information content (AvgIpc) is 3.09. The van der Waals surface area contributed by atoms with Crippen LogP contribution < -0.4 is 4.74 Å². The molecule has 274 valence electrons. The molecule has 1 aliphatic carbocycles. The number of hydrogen-bond donors (Lipinski definition) is 0.